The van der Waals surface area contributed by atoms with Gasteiger partial charge in [0.05, 0.1) is 0 Å². The van der Waals surface area contributed by atoms with E-state index in [9.17, 15) is 13.6 Å². The van der Waals surface area contributed by atoms with E-state index < -0.39 is 23.6 Å². The van der Waals surface area contributed by atoms with Gasteiger partial charge in [-0.3, -0.25) is 4.79 Å². The van der Waals surface area contributed by atoms with Crippen LogP contribution < -0.4 is 5.73 Å². The predicted octanol–water partition coefficient (Wildman–Crippen LogP) is 2.92. The third kappa shape index (κ3) is 4.07. The molecule has 1 aromatic carbocycles. The minimum absolute atomic E-state index is 0.0810. The zero-order valence-corrected chi connectivity index (χ0v) is 10.2. The van der Waals surface area contributed by atoms with Crippen LogP contribution in [0.2, 0.25) is 0 Å². The summed E-state index contributed by atoms with van der Waals surface area (Å²) in [6, 6.07) is 1.71. The monoisotopic (exact) mass is 257 g/mol. The molecule has 100 valence electrons. The highest BCUT2D eigenvalue weighted by molar-refractivity contribution is 5.66. The zero-order valence-electron chi connectivity index (χ0n) is 10.2. The average molecular weight is 257 g/mol. The van der Waals surface area contributed by atoms with Gasteiger partial charge in [0.15, 0.2) is 0 Å². The molecular weight excluding hydrogens is 240 g/mol. The van der Waals surface area contributed by atoms with E-state index in [-0.39, 0.29) is 12.0 Å². The maximum atomic E-state index is 13.5. The molecule has 1 atom stereocenters. The Balaban J connectivity index is 2.58. The molecule has 5 heteroatoms. The van der Waals surface area contributed by atoms with Crippen molar-refractivity contribution >= 4 is 5.97 Å². The van der Waals surface area contributed by atoms with Crippen molar-refractivity contribution in [1.82, 2.24) is 0 Å². The number of rotatable bonds is 6. The lowest BCUT2D eigenvalue weighted by atomic mass is 9.99. The van der Waals surface area contributed by atoms with E-state index in [0.717, 1.165) is 6.07 Å². The largest absolute Gasteiger partial charge is 0.481 e. The number of carboxylic acids is 1. The van der Waals surface area contributed by atoms with Gasteiger partial charge in [-0.15, -0.1) is 0 Å². The van der Waals surface area contributed by atoms with Crippen molar-refractivity contribution in [3.63, 3.8) is 0 Å². The molecule has 0 heterocycles. The highest BCUT2D eigenvalue weighted by atomic mass is 19.1. The fraction of sp³-hybridized carbons (Fsp3) is 0.462. The van der Waals surface area contributed by atoms with Gasteiger partial charge in [0.1, 0.15) is 11.6 Å². The number of carboxylic acid groups (broad SMARTS) is 1. The highest BCUT2D eigenvalue weighted by Gasteiger charge is 2.14. The summed E-state index contributed by atoms with van der Waals surface area (Å²) >= 11 is 0. The van der Waals surface area contributed by atoms with E-state index in [4.69, 9.17) is 10.8 Å². The van der Waals surface area contributed by atoms with Gasteiger partial charge in [0.25, 0.3) is 0 Å². The lowest BCUT2D eigenvalue weighted by Crippen LogP contribution is -2.13. The number of carbonyl (C=O) groups is 1. The molecule has 0 radical (unpaired) electrons. The summed E-state index contributed by atoms with van der Waals surface area (Å²) in [6.07, 6.45) is 1.67. The van der Waals surface area contributed by atoms with Crippen molar-refractivity contribution in [2.75, 3.05) is 0 Å². The summed E-state index contributed by atoms with van der Waals surface area (Å²) < 4.78 is 26.6. The van der Waals surface area contributed by atoms with Crippen LogP contribution in [0.25, 0.3) is 0 Å². The lowest BCUT2D eigenvalue weighted by molar-refractivity contribution is -0.137. The molecule has 0 aromatic heterocycles. The lowest BCUT2D eigenvalue weighted by Gasteiger charge is -2.13. The van der Waals surface area contributed by atoms with Gasteiger partial charge in [0.2, 0.25) is 0 Å². The number of aryl methyl sites for hydroxylation is 1. The van der Waals surface area contributed by atoms with E-state index in [2.05, 4.69) is 0 Å². The van der Waals surface area contributed by atoms with E-state index in [1.165, 1.54) is 6.07 Å². The summed E-state index contributed by atoms with van der Waals surface area (Å²) in [4.78, 5) is 10.3. The molecule has 3 nitrogen and oxygen atoms in total. The molecule has 18 heavy (non-hydrogen) atoms. The van der Waals surface area contributed by atoms with Crippen molar-refractivity contribution in [2.24, 2.45) is 5.73 Å². The van der Waals surface area contributed by atoms with Crippen LogP contribution in [0.15, 0.2) is 12.1 Å². The van der Waals surface area contributed by atoms with Gasteiger partial charge in [-0.2, -0.15) is 0 Å². The molecular formula is C13H17F2NO2. The van der Waals surface area contributed by atoms with E-state index in [1.807, 2.05) is 0 Å². The predicted molar refractivity (Wildman–Crippen MR) is 64.1 cm³/mol. The number of benzene rings is 1. The molecule has 0 fully saturated rings. The maximum absolute atomic E-state index is 13.5. The molecule has 0 bridgehead atoms. The van der Waals surface area contributed by atoms with Gasteiger partial charge in [-0.05, 0) is 31.4 Å². The highest BCUT2D eigenvalue weighted by Crippen LogP contribution is 2.23. The number of nitrogens with two attached hydrogens (primary N) is 1. The number of unbranched alkanes of at least 4 members (excludes halogenated alkanes) is 1. The van der Waals surface area contributed by atoms with Crippen molar-refractivity contribution < 1.29 is 18.7 Å². The molecule has 0 saturated carbocycles. The molecule has 0 aliphatic heterocycles. The van der Waals surface area contributed by atoms with Gasteiger partial charge in [-0.25, -0.2) is 8.78 Å². The normalized spacial score (nSPS) is 12.4. The SMILES string of the molecule is Cc1cc(C(N)CCCCC(=O)O)c(F)cc1F. The average Bonchev–Trinajstić information content (AvgIpc) is 2.28. The second kappa shape index (κ2) is 6.44. The van der Waals surface area contributed by atoms with Crippen LogP contribution in [0.1, 0.15) is 42.9 Å². The van der Waals surface area contributed by atoms with E-state index in [0.29, 0.717) is 24.8 Å². The van der Waals surface area contributed by atoms with Gasteiger partial charge >= 0.3 is 5.97 Å². The van der Waals surface area contributed by atoms with Gasteiger partial charge in [-0.1, -0.05) is 6.42 Å². The Morgan fingerprint density at radius 3 is 2.61 bits per heavy atom. The van der Waals surface area contributed by atoms with Crippen LogP contribution in [-0.2, 0) is 4.79 Å². The third-order valence-electron chi connectivity index (χ3n) is 2.83. The van der Waals surface area contributed by atoms with Crippen LogP contribution in [0.5, 0.6) is 0 Å². The summed E-state index contributed by atoms with van der Waals surface area (Å²) in [5.74, 6) is -2.09. The van der Waals surface area contributed by atoms with Crippen LogP contribution in [0.4, 0.5) is 8.78 Å². The van der Waals surface area contributed by atoms with Gasteiger partial charge in [0, 0.05) is 24.1 Å². The van der Waals surface area contributed by atoms with Crippen LogP contribution in [-0.4, -0.2) is 11.1 Å². The number of aliphatic carboxylic acids is 1. The molecule has 0 amide bonds. The standard InChI is InChI=1S/C13H17F2NO2/c1-8-6-9(11(15)7-10(8)14)12(16)4-2-3-5-13(17)18/h6-7,12H,2-5,16H2,1H3,(H,17,18). The van der Waals surface area contributed by atoms with Crippen LogP contribution >= 0.6 is 0 Å². The first-order chi connectivity index (χ1) is 8.41. The fourth-order valence-electron chi connectivity index (χ4n) is 1.76. The van der Waals surface area contributed by atoms with Crippen LogP contribution in [0, 0.1) is 18.6 Å². The Morgan fingerprint density at radius 2 is 2.00 bits per heavy atom. The molecule has 1 rings (SSSR count). The molecule has 0 aliphatic carbocycles. The van der Waals surface area contributed by atoms with Crippen molar-refractivity contribution in [3.8, 4) is 0 Å². The summed E-state index contributed by atoms with van der Waals surface area (Å²) in [6.45, 7) is 1.55. The Labute approximate surface area is 105 Å². The second-order valence-corrected chi connectivity index (χ2v) is 4.37. The number of halogens is 2. The Hall–Kier alpha value is -1.49. The fourth-order valence-corrected chi connectivity index (χ4v) is 1.76. The minimum Gasteiger partial charge on any atom is -0.481 e. The van der Waals surface area contributed by atoms with Crippen molar-refractivity contribution in [3.05, 3.63) is 34.9 Å². The maximum Gasteiger partial charge on any atom is 0.303 e. The minimum atomic E-state index is -0.854. The first-order valence-electron chi connectivity index (χ1n) is 5.84. The van der Waals surface area contributed by atoms with Crippen molar-refractivity contribution in [1.29, 1.82) is 0 Å². The molecule has 3 N–H and O–H groups in total. The molecule has 0 aliphatic rings. The zero-order chi connectivity index (χ0) is 13.7. The molecule has 0 spiro atoms. The third-order valence-corrected chi connectivity index (χ3v) is 2.83. The molecule has 0 saturated heterocycles. The Morgan fingerprint density at radius 1 is 1.33 bits per heavy atom. The quantitative estimate of drug-likeness (QED) is 0.770. The summed E-state index contributed by atoms with van der Waals surface area (Å²) in [5, 5.41) is 8.47. The van der Waals surface area contributed by atoms with E-state index >= 15 is 0 Å². The second-order valence-electron chi connectivity index (χ2n) is 4.37. The van der Waals surface area contributed by atoms with Gasteiger partial charge < -0.3 is 10.8 Å². The molecule has 1 unspecified atom stereocenters. The number of hydrogen-bond donors (Lipinski definition) is 2. The van der Waals surface area contributed by atoms with E-state index in [1.54, 1.807) is 6.92 Å². The topological polar surface area (TPSA) is 63.3 Å². The first kappa shape index (κ1) is 14.6. The number of hydrogen-bond acceptors (Lipinski definition) is 2. The Bertz CT molecular complexity index is 435. The Kier molecular flexibility index (Phi) is 5.22. The summed E-state index contributed by atoms with van der Waals surface area (Å²) in [5.41, 5.74) is 6.46. The first-order valence-corrected chi connectivity index (χ1v) is 5.84. The van der Waals surface area contributed by atoms with Crippen LogP contribution in [0.3, 0.4) is 0 Å². The van der Waals surface area contributed by atoms with Crippen molar-refractivity contribution in [2.45, 2.75) is 38.6 Å². The molecule has 1 aromatic rings. The smallest absolute Gasteiger partial charge is 0.303 e. The summed E-state index contributed by atoms with van der Waals surface area (Å²) in [7, 11) is 0.